The van der Waals surface area contributed by atoms with E-state index in [-0.39, 0.29) is 16.8 Å². The van der Waals surface area contributed by atoms with E-state index >= 15 is 0 Å². The predicted molar refractivity (Wildman–Crippen MR) is 79.8 cm³/mol. The van der Waals surface area contributed by atoms with Crippen LogP contribution in [0.2, 0.25) is 5.02 Å². The van der Waals surface area contributed by atoms with E-state index in [1.165, 1.54) is 12.1 Å². The van der Waals surface area contributed by atoms with Crippen LogP contribution >= 0.6 is 11.6 Å². The summed E-state index contributed by atoms with van der Waals surface area (Å²) in [4.78, 5) is 21.8. The van der Waals surface area contributed by atoms with Gasteiger partial charge in [0.25, 0.3) is 5.69 Å². The Morgan fingerprint density at radius 2 is 2.24 bits per heavy atom. The summed E-state index contributed by atoms with van der Waals surface area (Å²) >= 11 is 5.92. The number of carboxylic acids is 1. The highest BCUT2D eigenvalue weighted by Crippen LogP contribution is 2.41. The van der Waals surface area contributed by atoms with E-state index in [4.69, 9.17) is 11.6 Å². The summed E-state index contributed by atoms with van der Waals surface area (Å²) in [5, 5.41) is 23.5. The predicted octanol–water partition coefficient (Wildman–Crippen LogP) is 3.61. The molecule has 1 aromatic rings. The third-order valence-electron chi connectivity index (χ3n) is 4.27. The zero-order chi connectivity index (χ0) is 15.8. The zero-order valence-corrected chi connectivity index (χ0v) is 12.6. The Hall–Kier alpha value is -1.82. The molecule has 0 saturated heterocycles. The summed E-state index contributed by atoms with van der Waals surface area (Å²) in [7, 11) is 0. The first-order chi connectivity index (χ1) is 9.75. The number of hydrogen-bond donors (Lipinski definition) is 2. The average Bonchev–Trinajstić information content (AvgIpc) is 2.76. The van der Waals surface area contributed by atoms with Crippen molar-refractivity contribution in [2.75, 3.05) is 5.32 Å². The maximum atomic E-state index is 11.5. The van der Waals surface area contributed by atoms with E-state index in [2.05, 4.69) is 5.32 Å². The van der Waals surface area contributed by atoms with Crippen LogP contribution in [0.5, 0.6) is 0 Å². The van der Waals surface area contributed by atoms with Gasteiger partial charge in [0.2, 0.25) is 0 Å². The summed E-state index contributed by atoms with van der Waals surface area (Å²) in [6.45, 7) is 3.46. The molecule has 0 radical (unpaired) electrons. The Bertz CT molecular complexity index is 605. The molecule has 6 nitrogen and oxygen atoms in total. The molecule has 0 spiro atoms. The fourth-order valence-corrected chi connectivity index (χ4v) is 3.04. The molecule has 1 saturated carbocycles. The molecular formula is C14H17ClN2O4. The smallest absolute Gasteiger partial charge is 0.311 e. The fourth-order valence-electron chi connectivity index (χ4n) is 2.80. The molecule has 0 bridgehead atoms. The second kappa shape index (κ2) is 5.52. The van der Waals surface area contributed by atoms with Crippen molar-refractivity contribution in [3.8, 4) is 0 Å². The summed E-state index contributed by atoms with van der Waals surface area (Å²) < 4.78 is 0. The molecule has 1 fully saturated rings. The SMILES string of the molecule is Cc1cc([N+](=O)[O-])c(Cl)cc1NC1CCCC1(C)C(=O)O. The molecule has 2 atom stereocenters. The van der Waals surface area contributed by atoms with Crippen LogP contribution in [-0.2, 0) is 4.79 Å². The highest BCUT2D eigenvalue weighted by atomic mass is 35.5. The van der Waals surface area contributed by atoms with Gasteiger partial charge in [-0.25, -0.2) is 0 Å². The summed E-state index contributed by atoms with van der Waals surface area (Å²) in [6.07, 6.45) is 2.19. The molecule has 21 heavy (non-hydrogen) atoms. The molecule has 7 heteroatoms. The minimum Gasteiger partial charge on any atom is -0.481 e. The summed E-state index contributed by atoms with van der Waals surface area (Å²) in [5.41, 5.74) is 0.337. The maximum Gasteiger partial charge on any atom is 0.311 e. The van der Waals surface area contributed by atoms with Crippen LogP contribution in [0.1, 0.15) is 31.7 Å². The van der Waals surface area contributed by atoms with Crippen LogP contribution < -0.4 is 5.32 Å². The maximum absolute atomic E-state index is 11.5. The normalized spacial score (nSPS) is 24.8. The van der Waals surface area contributed by atoms with Crippen LogP contribution in [0.3, 0.4) is 0 Å². The number of carboxylic acid groups (broad SMARTS) is 1. The highest BCUT2D eigenvalue weighted by Gasteiger charge is 2.45. The molecule has 0 aliphatic heterocycles. The van der Waals surface area contributed by atoms with Crippen molar-refractivity contribution < 1.29 is 14.8 Å². The van der Waals surface area contributed by atoms with Crippen LogP contribution in [0.25, 0.3) is 0 Å². The van der Waals surface area contributed by atoms with Crippen molar-refractivity contribution in [3.05, 3.63) is 32.8 Å². The van der Waals surface area contributed by atoms with Crippen molar-refractivity contribution in [2.24, 2.45) is 5.41 Å². The van der Waals surface area contributed by atoms with Crippen LogP contribution in [-0.4, -0.2) is 22.0 Å². The zero-order valence-electron chi connectivity index (χ0n) is 11.9. The van der Waals surface area contributed by atoms with Gasteiger partial charge in [-0.3, -0.25) is 14.9 Å². The first-order valence-electron chi connectivity index (χ1n) is 6.70. The lowest BCUT2D eigenvalue weighted by molar-refractivity contribution is -0.384. The van der Waals surface area contributed by atoms with Gasteiger partial charge < -0.3 is 10.4 Å². The van der Waals surface area contributed by atoms with Gasteiger partial charge in [-0.15, -0.1) is 0 Å². The van der Waals surface area contributed by atoms with Crippen LogP contribution in [0.4, 0.5) is 11.4 Å². The number of nitrogens with one attached hydrogen (secondary N) is 1. The molecular weight excluding hydrogens is 296 g/mol. The molecule has 114 valence electrons. The lowest BCUT2D eigenvalue weighted by Crippen LogP contribution is -2.40. The molecule has 0 heterocycles. The number of rotatable bonds is 4. The van der Waals surface area contributed by atoms with E-state index < -0.39 is 16.3 Å². The second-order valence-corrected chi connectivity index (χ2v) is 6.09. The number of halogens is 1. The van der Waals surface area contributed by atoms with E-state index in [1.807, 2.05) is 0 Å². The second-order valence-electron chi connectivity index (χ2n) is 5.69. The van der Waals surface area contributed by atoms with Gasteiger partial charge >= 0.3 is 5.97 Å². The van der Waals surface area contributed by atoms with Gasteiger partial charge in [-0.05, 0) is 38.3 Å². The lowest BCUT2D eigenvalue weighted by atomic mass is 9.84. The van der Waals surface area contributed by atoms with Crippen LogP contribution in [0.15, 0.2) is 12.1 Å². The molecule has 1 aliphatic carbocycles. The van der Waals surface area contributed by atoms with E-state index in [9.17, 15) is 20.0 Å². The highest BCUT2D eigenvalue weighted by molar-refractivity contribution is 6.33. The first-order valence-corrected chi connectivity index (χ1v) is 7.08. The Kier molecular flexibility index (Phi) is 4.09. The number of anilines is 1. The quantitative estimate of drug-likeness (QED) is 0.654. The van der Waals surface area contributed by atoms with Gasteiger partial charge in [0.1, 0.15) is 5.02 Å². The first kappa shape index (κ1) is 15.6. The Balaban J connectivity index is 2.30. The lowest BCUT2D eigenvalue weighted by Gasteiger charge is -2.29. The van der Waals surface area contributed by atoms with Gasteiger partial charge in [0.15, 0.2) is 0 Å². The number of nitro groups is 1. The topological polar surface area (TPSA) is 92.5 Å². The monoisotopic (exact) mass is 312 g/mol. The third kappa shape index (κ3) is 2.81. The molecule has 1 aliphatic rings. The van der Waals surface area contributed by atoms with Crippen molar-refractivity contribution in [1.29, 1.82) is 0 Å². The van der Waals surface area contributed by atoms with E-state index in [1.54, 1.807) is 13.8 Å². The fraction of sp³-hybridized carbons (Fsp3) is 0.500. The minimum atomic E-state index is -0.833. The van der Waals surface area contributed by atoms with Gasteiger partial charge in [-0.1, -0.05) is 18.0 Å². The summed E-state index contributed by atoms with van der Waals surface area (Å²) in [5.74, 6) is -0.830. The minimum absolute atomic E-state index is 0.0446. The average molecular weight is 313 g/mol. The number of nitro benzene ring substituents is 1. The van der Waals surface area contributed by atoms with E-state index in [0.29, 0.717) is 17.7 Å². The number of benzene rings is 1. The number of nitrogens with zero attached hydrogens (tertiary/aromatic N) is 1. The van der Waals surface area contributed by atoms with Crippen molar-refractivity contribution in [1.82, 2.24) is 0 Å². The largest absolute Gasteiger partial charge is 0.481 e. The molecule has 0 aromatic heterocycles. The standard InChI is InChI=1S/C14H17ClN2O4/c1-8-6-11(17(20)21)9(15)7-10(8)16-12-4-3-5-14(12,2)13(18)19/h6-7,12,16H,3-5H2,1-2H3,(H,18,19). The molecule has 2 unspecified atom stereocenters. The Morgan fingerprint density at radius 3 is 2.81 bits per heavy atom. The Morgan fingerprint density at radius 1 is 1.57 bits per heavy atom. The molecule has 2 rings (SSSR count). The van der Waals surface area contributed by atoms with Crippen molar-refractivity contribution in [2.45, 2.75) is 39.2 Å². The number of aryl methyl sites for hydroxylation is 1. The van der Waals surface area contributed by atoms with Crippen LogP contribution in [0, 0.1) is 22.5 Å². The molecule has 1 aromatic carbocycles. The number of hydrogen-bond acceptors (Lipinski definition) is 4. The summed E-state index contributed by atoms with van der Waals surface area (Å²) in [6, 6.07) is 2.68. The number of carbonyl (C=O) groups is 1. The third-order valence-corrected chi connectivity index (χ3v) is 4.57. The van der Waals surface area contributed by atoms with Crippen molar-refractivity contribution in [3.63, 3.8) is 0 Å². The van der Waals surface area contributed by atoms with Gasteiger partial charge in [-0.2, -0.15) is 0 Å². The van der Waals surface area contributed by atoms with Gasteiger partial charge in [0, 0.05) is 17.8 Å². The molecule has 0 amide bonds. The molecule has 2 N–H and O–H groups in total. The van der Waals surface area contributed by atoms with Crippen molar-refractivity contribution >= 4 is 28.9 Å². The Labute approximate surface area is 127 Å². The number of aliphatic carboxylic acids is 1. The van der Waals surface area contributed by atoms with E-state index in [0.717, 1.165) is 12.8 Å². The van der Waals surface area contributed by atoms with Gasteiger partial charge in [0.05, 0.1) is 10.3 Å².